The first-order chi connectivity index (χ1) is 22.0. The number of pyridine rings is 1. The van der Waals surface area contributed by atoms with Gasteiger partial charge in [0.1, 0.15) is 17.5 Å². The number of aromatic nitrogens is 8. The summed E-state index contributed by atoms with van der Waals surface area (Å²) in [4.78, 5) is 12.4. The van der Waals surface area contributed by atoms with Crippen molar-refractivity contribution in [3.63, 3.8) is 0 Å². The third-order valence-electron chi connectivity index (χ3n) is 9.08. The Labute approximate surface area is 278 Å². The quantitative estimate of drug-likeness (QED) is 0.140. The number of benzene rings is 1. The summed E-state index contributed by atoms with van der Waals surface area (Å²) >= 11 is 2.28. The van der Waals surface area contributed by atoms with Crippen molar-refractivity contribution in [1.29, 1.82) is 0 Å². The van der Waals surface area contributed by atoms with Gasteiger partial charge in [-0.3, -0.25) is 4.98 Å². The van der Waals surface area contributed by atoms with E-state index in [4.69, 9.17) is 14.8 Å². The van der Waals surface area contributed by atoms with E-state index in [1.54, 1.807) is 40.0 Å². The lowest BCUT2D eigenvalue weighted by Crippen LogP contribution is -2.27. The summed E-state index contributed by atoms with van der Waals surface area (Å²) in [6, 6.07) is 4.98. The standard InChI is InChI=1S/C34H32F2IN8O/c1-33(2)12-5-6-13-34(3,20-8-7-9-21(37)16-20)32-40-31(44(4)42-32)25-17-22(10-14-38-25)46-30-24(18-45-19-26(33)41-43-45)23-11-15-39-29(23)27(35)28(30)36/h7-8,10-11,14-17,19,39H,5-6,12-13,18H2,1-4H3/q+1/t34-/m1/s1. The molecule has 1 aromatic carbocycles. The molecule has 1 atom stereocenters. The maximum absolute atomic E-state index is 15.8. The number of H-pyrrole nitrogens is 1. The van der Waals surface area contributed by atoms with Gasteiger partial charge in [-0.05, 0) is 31.9 Å². The van der Waals surface area contributed by atoms with Crippen molar-refractivity contribution in [3.05, 3.63) is 99.0 Å². The van der Waals surface area contributed by atoms with Gasteiger partial charge in [0.25, 0.3) is 0 Å². The van der Waals surface area contributed by atoms with Gasteiger partial charge in [-0.15, -0.1) is 5.10 Å². The summed E-state index contributed by atoms with van der Waals surface area (Å²) in [6.07, 6.45) is 18.0. The largest absolute Gasteiger partial charge is 0.454 e. The minimum absolute atomic E-state index is 0.0648. The average Bonchev–Trinajstić information content (AvgIpc) is 3.80. The number of allylic oxidation sites excluding steroid dienone is 6. The molecule has 5 aromatic rings. The second-order valence-electron chi connectivity index (χ2n) is 12.7. The predicted octanol–water partition coefficient (Wildman–Crippen LogP) is 7.80. The minimum Gasteiger partial charge on any atom is -0.454 e. The van der Waals surface area contributed by atoms with Crippen molar-refractivity contribution >= 4 is 33.5 Å². The van der Waals surface area contributed by atoms with Crippen LogP contribution in [-0.2, 0) is 24.4 Å². The fourth-order valence-corrected chi connectivity index (χ4v) is 6.79. The molecule has 7 rings (SSSR count). The van der Waals surface area contributed by atoms with E-state index < -0.39 is 17.0 Å². The van der Waals surface area contributed by atoms with Crippen LogP contribution >= 0.6 is 22.6 Å². The van der Waals surface area contributed by atoms with E-state index in [2.05, 4.69) is 81.9 Å². The first-order valence-electron chi connectivity index (χ1n) is 15.1. The molecule has 0 saturated heterocycles. The lowest BCUT2D eigenvalue weighted by Gasteiger charge is -2.27. The Balaban J connectivity index is 1.39. The number of aryl methyl sites for hydroxylation is 1. The zero-order valence-corrected chi connectivity index (χ0v) is 28.1. The number of nitrogens with zero attached hydrogens (tertiary/aromatic N) is 7. The Bertz CT molecular complexity index is 2070. The first-order valence-corrected chi connectivity index (χ1v) is 16.2. The summed E-state index contributed by atoms with van der Waals surface area (Å²) in [7, 11) is 1.83. The van der Waals surface area contributed by atoms with Crippen molar-refractivity contribution in [1.82, 2.24) is 39.7 Å². The topological polar surface area (TPSA) is 99.3 Å². The van der Waals surface area contributed by atoms with Gasteiger partial charge in [-0.2, -0.15) is 9.49 Å². The van der Waals surface area contributed by atoms with Crippen LogP contribution in [0.15, 0.2) is 64.2 Å². The van der Waals surface area contributed by atoms with E-state index >= 15 is 8.78 Å². The Hall–Kier alpha value is -4.29. The molecule has 1 aliphatic heterocycles. The number of halogens is 3. The van der Waals surface area contributed by atoms with Gasteiger partial charge in [0, 0.05) is 70.7 Å². The van der Waals surface area contributed by atoms with Crippen LogP contribution in [0.25, 0.3) is 22.4 Å². The molecule has 0 spiro atoms. The van der Waals surface area contributed by atoms with E-state index in [-0.39, 0.29) is 29.0 Å². The molecule has 0 fully saturated rings. The van der Waals surface area contributed by atoms with Gasteiger partial charge in [-0.25, -0.2) is 18.7 Å². The second kappa shape index (κ2) is 11.5. The Morgan fingerprint density at radius 2 is 1.93 bits per heavy atom. The minimum atomic E-state index is -1.10. The van der Waals surface area contributed by atoms with Gasteiger partial charge in [0.15, 0.2) is 26.8 Å². The van der Waals surface area contributed by atoms with Crippen molar-refractivity contribution in [2.45, 2.75) is 63.8 Å². The zero-order valence-electron chi connectivity index (χ0n) is 25.9. The van der Waals surface area contributed by atoms with Gasteiger partial charge in [-0.1, -0.05) is 31.9 Å². The van der Waals surface area contributed by atoms with Crippen LogP contribution in [0.2, 0.25) is 0 Å². The Morgan fingerprint density at radius 1 is 1.11 bits per heavy atom. The fraction of sp³-hybridized carbons (Fsp3) is 0.324. The summed E-state index contributed by atoms with van der Waals surface area (Å²) in [5, 5.41) is 14.3. The molecule has 5 heterocycles. The fourth-order valence-electron chi connectivity index (χ4n) is 6.27. The van der Waals surface area contributed by atoms with Crippen molar-refractivity contribution in [2.75, 3.05) is 0 Å². The van der Waals surface area contributed by atoms with Crippen LogP contribution < -0.4 is 4.74 Å². The maximum Gasteiger partial charge on any atom is 0.203 e. The third kappa shape index (κ3) is 5.32. The number of fused-ring (bicyclic) bond motifs is 10. The monoisotopic (exact) mass is 733 g/mol. The molecule has 46 heavy (non-hydrogen) atoms. The molecule has 4 aromatic heterocycles. The van der Waals surface area contributed by atoms with Gasteiger partial charge in [0.2, 0.25) is 5.82 Å². The molecule has 12 heteroatoms. The van der Waals surface area contributed by atoms with Crippen LogP contribution in [0.1, 0.15) is 63.5 Å². The maximum atomic E-state index is 15.8. The molecule has 2 aliphatic rings. The van der Waals surface area contributed by atoms with Crippen molar-refractivity contribution in [3.8, 4) is 23.0 Å². The molecule has 0 saturated carbocycles. The Kier molecular flexibility index (Phi) is 7.59. The van der Waals surface area contributed by atoms with Crippen LogP contribution in [0, 0.1) is 17.7 Å². The van der Waals surface area contributed by atoms with E-state index in [0.29, 0.717) is 28.3 Å². The molecular weight excluding hydrogens is 701 g/mol. The predicted molar refractivity (Wildman–Crippen MR) is 178 cm³/mol. The number of nitrogens with one attached hydrogen (secondary N) is 1. The van der Waals surface area contributed by atoms with Crippen LogP contribution in [0.4, 0.5) is 8.78 Å². The summed E-state index contributed by atoms with van der Waals surface area (Å²) in [5.74, 6) is -0.853. The summed E-state index contributed by atoms with van der Waals surface area (Å²) in [6.45, 7) is 6.61. The number of ether oxygens (including phenoxy) is 1. The molecule has 9 nitrogen and oxygen atoms in total. The smallest absolute Gasteiger partial charge is 0.203 e. The second-order valence-corrected chi connectivity index (χ2v) is 13.9. The summed E-state index contributed by atoms with van der Waals surface area (Å²) < 4.78 is 41.6. The van der Waals surface area contributed by atoms with Crippen molar-refractivity contribution < 1.29 is 13.5 Å². The SMILES string of the molecule is Cn1nc2nc1-c1cc(ccn1)Oc1c(F)c(F)c3[nH]ccc3c1Cn1cc(nn1)C(C)(C)CCCC[C@]2(C)C1=CC(I)=[C+]C=C1. The first kappa shape index (κ1) is 30.4. The molecule has 234 valence electrons. The number of hydrogen-bond donors (Lipinski definition) is 1. The third-order valence-corrected chi connectivity index (χ3v) is 9.70. The number of hydrogen-bond acceptors (Lipinski definition) is 6. The van der Waals surface area contributed by atoms with E-state index in [1.807, 2.05) is 19.3 Å². The lowest BCUT2D eigenvalue weighted by molar-refractivity contribution is 0.401. The molecule has 1 aliphatic carbocycles. The highest BCUT2D eigenvalue weighted by molar-refractivity contribution is 14.1. The number of aromatic amines is 1. The lowest BCUT2D eigenvalue weighted by atomic mass is 9.74. The Morgan fingerprint density at radius 3 is 2.76 bits per heavy atom. The summed E-state index contributed by atoms with van der Waals surface area (Å²) in [5.41, 5.74) is 2.16. The highest BCUT2D eigenvalue weighted by Gasteiger charge is 2.39. The molecule has 0 amide bonds. The highest BCUT2D eigenvalue weighted by Crippen LogP contribution is 2.41. The van der Waals surface area contributed by atoms with E-state index in [0.717, 1.165) is 40.5 Å². The van der Waals surface area contributed by atoms with Crippen LogP contribution in [-0.4, -0.2) is 39.7 Å². The van der Waals surface area contributed by atoms with Gasteiger partial charge >= 0.3 is 0 Å². The zero-order chi connectivity index (χ0) is 32.2. The molecular formula is C34H32F2IN8O+. The van der Waals surface area contributed by atoms with Crippen LogP contribution in [0.3, 0.4) is 0 Å². The molecule has 0 unspecified atom stereocenters. The average molecular weight is 734 g/mol. The molecule has 6 bridgehead atoms. The van der Waals surface area contributed by atoms with E-state index in [9.17, 15) is 0 Å². The van der Waals surface area contributed by atoms with E-state index in [1.165, 1.54) is 0 Å². The van der Waals surface area contributed by atoms with Gasteiger partial charge in [0.05, 0.1) is 47.0 Å². The highest BCUT2D eigenvalue weighted by atomic mass is 127. The molecule has 1 N–H and O–H groups in total. The number of rotatable bonds is 1. The normalized spacial score (nSPS) is 19.6. The van der Waals surface area contributed by atoms with Crippen molar-refractivity contribution in [2.24, 2.45) is 7.05 Å². The molecule has 0 radical (unpaired) electrons. The van der Waals surface area contributed by atoms with Gasteiger partial charge < -0.3 is 9.72 Å². The van der Waals surface area contributed by atoms with Crippen LogP contribution in [0.5, 0.6) is 11.5 Å².